The van der Waals surface area contributed by atoms with Crippen LogP contribution in [0.25, 0.3) is 0 Å². The van der Waals surface area contributed by atoms with Crippen molar-refractivity contribution in [2.24, 2.45) is 5.92 Å². The predicted octanol–water partition coefficient (Wildman–Crippen LogP) is 5.97. The molecular weight excluding hydrogens is 451 g/mol. The molecule has 0 fully saturated rings. The second kappa shape index (κ2) is 12.4. The Hall–Kier alpha value is -1.69. The van der Waals surface area contributed by atoms with Crippen molar-refractivity contribution in [2.75, 3.05) is 12.3 Å². The van der Waals surface area contributed by atoms with Crippen molar-refractivity contribution in [1.29, 1.82) is 0 Å². The van der Waals surface area contributed by atoms with Crippen molar-refractivity contribution in [3.63, 3.8) is 0 Å². The molecule has 4 nitrogen and oxygen atoms in total. The summed E-state index contributed by atoms with van der Waals surface area (Å²) >= 11 is 13.8. The average molecular weight is 481 g/mol. The van der Waals surface area contributed by atoms with Gasteiger partial charge in [-0.15, -0.1) is 11.8 Å². The second-order valence-electron chi connectivity index (χ2n) is 8.00. The average Bonchev–Trinajstić information content (AvgIpc) is 2.73. The molecule has 0 heterocycles. The van der Waals surface area contributed by atoms with Crippen LogP contribution in [0.15, 0.2) is 47.4 Å². The van der Waals surface area contributed by atoms with Crippen molar-refractivity contribution in [3.8, 4) is 0 Å². The second-order valence-corrected chi connectivity index (χ2v) is 9.98. The highest BCUT2D eigenvalue weighted by atomic mass is 35.5. The number of hydrogen-bond acceptors (Lipinski definition) is 3. The van der Waals surface area contributed by atoms with Crippen LogP contribution >= 0.6 is 35.0 Å². The third-order valence-electron chi connectivity index (χ3n) is 4.79. The third-order valence-corrected chi connectivity index (χ3v) is 6.55. The maximum absolute atomic E-state index is 13.1. The van der Waals surface area contributed by atoms with Gasteiger partial charge in [0, 0.05) is 30.2 Å². The highest BCUT2D eigenvalue weighted by Gasteiger charge is 2.26. The molecule has 0 saturated carbocycles. The van der Waals surface area contributed by atoms with Crippen molar-refractivity contribution >= 4 is 46.8 Å². The number of hydrogen-bond donors (Lipinski definition) is 1. The molecule has 0 aromatic heterocycles. The minimum atomic E-state index is -0.593. The first-order valence-corrected chi connectivity index (χ1v) is 12.1. The predicted molar refractivity (Wildman–Crippen MR) is 131 cm³/mol. The van der Waals surface area contributed by atoms with Crippen LogP contribution < -0.4 is 5.32 Å². The summed E-state index contributed by atoms with van der Waals surface area (Å²) < 4.78 is 0. The Morgan fingerprint density at radius 3 is 2.32 bits per heavy atom. The van der Waals surface area contributed by atoms with Gasteiger partial charge in [-0.25, -0.2) is 0 Å². The lowest BCUT2D eigenvalue weighted by molar-refractivity contribution is -0.140. The molecule has 7 heteroatoms. The molecule has 2 amide bonds. The number of rotatable bonds is 10. The number of benzene rings is 2. The van der Waals surface area contributed by atoms with Gasteiger partial charge in [0.25, 0.3) is 0 Å². The van der Waals surface area contributed by atoms with Gasteiger partial charge < -0.3 is 10.2 Å². The van der Waals surface area contributed by atoms with Gasteiger partial charge in [-0.2, -0.15) is 0 Å². The van der Waals surface area contributed by atoms with Gasteiger partial charge in [0.1, 0.15) is 6.04 Å². The van der Waals surface area contributed by atoms with Gasteiger partial charge in [0.2, 0.25) is 11.8 Å². The summed E-state index contributed by atoms with van der Waals surface area (Å²) in [5.41, 5.74) is 2.03. The fraction of sp³-hybridized carbons (Fsp3) is 0.417. The summed E-state index contributed by atoms with van der Waals surface area (Å²) in [4.78, 5) is 28.5. The van der Waals surface area contributed by atoms with E-state index in [1.54, 1.807) is 35.7 Å². The van der Waals surface area contributed by atoms with Gasteiger partial charge in [-0.1, -0.05) is 60.8 Å². The Morgan fingerprint density at radius 1 is 1.03 bits per heavy atom. The standard InChI is InChI=1S/C24H30Cl2N2O2S/c1-16(2)14-27-24(30)18(4)28(15-19-7-10-21(25)22(26)13-19)23(29)11-12-31-20-8-5-17(3)6-9-20/h5-10,13,16,18H,11-12,14-15H2,1-4H3,(H,27,30)/t18-/m1/s1. The highest BCUT2D eigenvalue weighted by molar-refractivity contribution is 7.99. The first-order chi connectivity index (χ1) is 14.7. The van der Waals surface area contributed by atoms with Gasteiger partial charge in [0.05, 0.1) is 10.0 Å². The molecule has 2 aromatic carbocycles. The molecule has 2 rings (SSSR count). The van der Waals surface area contributed by atoms with Crippen molar-refractivity contribution in [3.05, 3.63) is 63.6 Å². The monoisotopic (exact) mass is 480 g/mol. The molecule has 1 atom stereocenters. The van der Waals surface area contributed by atoms with Crippen molar-refractivity contribution in [1.82, 2.24) is 10.2 Å². The van der Waals surface area contributed by atoms with Crippen LogP contribution in [0.2, 0.25) is 10.0 Å². The highest BCUT2D eigenvalue weighted by Crippen LogP contribution is 2.24. The number of carbonyl (C=O) groups is 2. The summed E-state index contributed by atoms with van der Waals surface area (Å²) in [6, 6.07) is 12.9. The molecule has 0 aliphatic rings. The van der Waals surface area contributed by atoms with Crippen LogP contribution in [-0.4, -0.2) is 35.1 Å². The zero-order chi connectivity index (χ0) is 23.0. The van der Waals surface area contributed by atoms with E-state index in [-0.39, 0.29) is 11.8 Å². The van der Waals surface area contributed by atoms with E-state index in [4.69, 9.17) is 23.2 Å². The lowest BCUT2D eigenvalue weighted by Crippen LogP contribution is -2.48. The molecule has 2 aromatic rings. The Balaban J connectivity index is 2.08. The SMILES string of the molecule is Cc1ccc(SCCC(=O)N(Cc2ccc(Cl)c(Cl)c2)[C@H](C)C(=O)NCC(C)C)cc1. The maximum Gasteiger partial charge on any atom is 0.242 e. The van der Waals surface area contributed by atoms with Gasteiger partial charge >= 0.3 is 0 Å². The smallest absolute Gasteiger partial charge is 0.242 e. The lowest BCUT2D eigenvalue weighted by Gasteiger charge is -2.29. The lowest BCUT2D eigenvalue weighted by atomic mass is 10.1. The number of nitrogens with zero attached hydrogens (tertiary/aromatic N) is 1. The van der Waals surface area contributed by atoms with Gasteiger partial charge in [-0.05, 0) is 49.6 Å². The van der Waals surface area contributed by atoms with Crippen LogP contribution in [0.4, 0.5) is 0 Å². The first-order valence-electron chi connectivity index (χ1n) is 10.4. The van der Waals surface area contributed by atoms with E-state index < -0.39 is 6.04 Å². The molecule has 168 valence electrons. The molecule has 0 spiro atoms. The fourth-order valence-electron chi connectivity index (χ4n) is 2.90. The van der Waals surface area contributed by atoms with Crippen LogP contribution in [0.3, 0.4) is 0 Å². The molecular formula is C24H30Cl2N2O2S. The van der Waals surface area contributed by atoms with Gasteiger partial charge in [-0.3, -0.25) is 9.59 Å². The van der Waals surface area contributed by atoms with E-state index in [1.165, 1.54) is 5.56 Å². The third kappa shape index (κ3) is 8.40. The number of carbonyl (C=O) groups excluding carboxylic acids is 2. The maximum atomic E-state index is 13.1. The Bertz CT molecular complexity index is 888. The van der Waals surface area contributed by atoms with Crippen LogP contribution in [0, 0.1) is 12.8 Å². The van der Waals surface area contributed by atoms with E-state index >= 15 is 0 Å². The van der Waals surface area contributed by atoms with E-state index in [0.717, 1.165) is 10.5 Å². The first kappa shape index (κ1) is 25.6. The minimum absolute atomic E-state index is 0.0714. The molecule has 0 saturated heterocycles. The molecule has 1 N–H and O–H groups in total. The van der Waals surface area contributed by atoms with Crippen molar-refractivity contribution < 1.29 is 9.59 Å². The summed E-state index contributed by atoms with van der Waals surface area (Å²) in [5, 5.41) is 3.81. The molecule has 0 unspecified atom stereocenters. The van der Waals surface area contributed by atoms with Crippen molar-refractivity contribution in [2.45, 2.75) is 51.6 Å². The van der Waals surface area contributed by atoms with E-state index in [2.05, 4.69) is 29.6 Å². The van der Waals surface area contributed by atoms with E-state index in [0.29, 0.717) is 41.2 Å². The summed E-state index contributed by atoms with van der Waals surface area (Å²) in [6.07, 6.45) is 0.335. The Labute approximate surface area is 199 Å². The Morgan fingerprint density at radius 2 is 1.71 bits per heavy atom. The fourth-order valence-corrected chi connectivity index (χ4v) is 4.07. The summed E-state index contributed by atoms with van der Waals surface area (Å²) in [6.45, 7) is 8.74. The molecule has 0 aliphatic heterocycles. The number of thioether (sulfide) groups is 1. The quantitative estimate of drug-likeness (QED) is 0.425. The molecule has 0 aliphatic carbocycles. The van der Waals surface area contributed by atoms with E-state index in [1.807, 2.05) is 26.8 Å². The largest absolute Gasteiger partial charge is 0.354 e. The number of aryl methyl sites for hydroxylation is 1. The topological polar surface area (TPSA) is 49.4 Å². The zero-order valence-electron chi connectivity index (χ0n) is 18.5. The zero-order valence-corrected chi connectivity index (χ0v) is 20.8. The van der Waals surface area contributed by atoms with Crippen LogP contribution in [0.1, 0.15) is 38.3 Å². The molecule has 31 heavy (non-hydrogen) atoms. The van der Waals surface area contributed by atoms with Crippen LogP contribution in [-0.2, 0) is 16.1 Å². The Kier molecular flexibility index (Phi) is 10.2. The molecule has 0 bridgehead atoms. The van der Waals surface area contributed by atoms with E-state index in [9.17, 15) is 9.59 Å². The van der Waals surface area contributed by atoms with Gasteiger partial charge in [0.15, 0.2) is 0 Å². The normalized spacial score (nSPS) is 12.0. The summed E-state index contributed by atoms with van der Waals surface area (Å²) in [7, 11) is 0. The minimum Gasteiger partial charge on any atom is -0.354 e. The number of amides is 2. The molecule has 0 radical (unpaired) electrons. The number of nitrogens with one attached hydrogen (secondary N) is 1. The summed E-state index contributed by atoms with van der Waals surface area (Å²) in [5.74, 6) is 0.743. The van der Waals surface area contributed by atoms with Crippen LogP contribution in [0.5, 0.6) is 0 Å². The number of halogens is 2.